The van der Waals surface area contributed by atoms with Gasteiger partial charge in [0, 0.05) is 17.8 Å². The maximum Gasteiger partial charge on any atom is 0.285 e. The van der Waals surface area contributed by atoms with Gasteiger partial charge < -0.3 is 16.0 Å². The zero-order valence-corrected chi connectivity index (χ0v) is 16.4. The number of sulfonamides is 1. The number of fused-ring (bicyclic) bond motifs is 1. The van der Waals surface area contributed by atoms with Gasteiger partial charge >= 0.3 is 0 Å². The molecule has 1 saturated heterocycles. The van der Waals surface area contributed by atoms with Gasteiger partial charge in [0.1, 0.15) is 10.9 Å². The first-order valence-electron chi connectivity index (χ1n) is 9.24. The Hall–Kier alpha value is -3.20. The summed E-state index contributed by atoms with van der Waals surface area (Å²) < 4.78 is 28.6. The first-order valence-corrected chi connectivity index (χ1v) is 10.7. The van der Waals surface area contributed by atoms with Crippen LogP contribution in [0, 0.1) is 0 Å². The van der Waals surface area contributed by atoms with Crippen LogP contribution in [0.4, 0.5) is 5.69 Å². The molecule has 0 saturated carbocycles. The minimum Gasteiger partial charge on any atom is -0.369 e. The van der Waals surface area contributed by atoms with Gasteiger partial charge in [-0.3, -0.25) is 9.59 Å². The number of primary amides is 1. The van der Waals surface area contributed by atoms with E-state index in [4.69, 9.17) is 5.73 Å². The van der Waals surface area contributed by atoms with E-state index in [0.717, 1.165) is 12.0 Å². The van der Waals surface area contributed by atoms with Crippen molar-refractivity contribution in [1.29, 1.82) is 0 Å². The summed E-state index contributed by atoms with van der Waals surface area (Å²) in [6.07, 6.45) is 1.50. The van der Waals surface area contributed by atoms with Crippen LogP contribution >= 0.6 is 0 Å². The number of nitrogens with two attached hydrogens (primary N) is 1. The van der Waals surface area contributed by atoms with Crippen molar-refractivity contribution in [3.05, 3.63) is 59.7 Å². The van der Waals surface area contributed by atoms with Crippen LogP contribution in [0.15, 0.2) is 57.8 Å². The normalized spacial score (nSPS) is 19.5. The summed E-state index contributed by atoms with van der Waals surface area (Å²) in [5, 5.41) is 2.86. The molecular formula is C20H20N4O4S. The highest BCUT2D eigenvalue weighted by molar-refractivity contribution is 7.90. The quantitative estimate of drug-likeness (QED) is 0.783. The molecule has 29 heavy (non-hydrogen) atoms. The van der Waals surface area contributed by atoms with Crippen molar-refractivity contribution in [3.63, 3.8) is 0 Å². The Balaban J connectivity index is 1.53. The van der Waals surface area contributed by atoms with Gasteiger partial charge in [-0.1, -0.05) is 24.3 Å². The van der Waals surface area contributed by atoms with Gasteiger partial charge in [-0.05, 0) is 42.7 Å². The van der Waals surface area contributed by atoms with Crippen molar-refractivity contribution in [1.82, 2.24) is 4.90 Å². The fraction of sp³-hybridized carbons (Fsp3) is 0.250. The lowest BCUT2D eigenvalue weighted by Gasteiger charge is -2.25. The van der Waals surface area contributed by atoms with E-state index in [-0.39, 0.29) is 17.2 Å². The largest absolute Gasteiger partial charge is 0.369 e. The van der Waals surface area contributed by atoms with Crippen molar-refractivity contribution in [3.8, 4) is 0 Å². The molecule has 1 atom stereocenters. The molecule has 2 aliphatic heterocycles. The molecule has 2 aromatic carbocycles. The molecule has 2 aromatic rings. The molecule has 9 heteroatoms. The van der Waals surface area contributed by atoms with Crippen LogP contribution in [-0.2, 0) is 26.0 Å². The molecule has 1 fully saturated rings. The number of nitrogens with one attached hydrogen (secondary N) is 1. The maximum atomic E-state index is 12.9. The second-order valence-electron chi connectivity index (χ2n) is 7.07. The predicted molar refractivity (Wildman–Crippen MR) is 108 cm³/mol. The molecule has 150 valence electrons. The smallest absolute Gasteiger partial charge is 0.285 e. The number of hydrogen-bond acceptors (Lipinski definition) is 5. The lowest BCUT2D eigenvalue weighted by molar-refractivity contribution is -0.119. The van der Waals surface area contributed by atoms with E-state index in [0.29, 0.717) is 30.1 Å². The SMILES string of the molecule is NC(=O)Cc1ccc(NC(=O)[C@@H]2CCCN2C2=NS(=O)(=O)c3ccccc32)cc1. The van der Waals surface area contributed by atoms with Crippen LogP contribution < -0.4 is 11.1 Å². The van der Waals surface area contributed by atoms with E-state index in [1.54, 1.807) is 47.4 Å². The van der Waals surface area contributed by atoms with Gasteiger partial charge in [-0.25, -0.2) is 0 Å². The number of amides is 2. The Morgan fingerprint density at radius 2 is 1.86 bits per heavy atom. The zero-order chi connectivity index (χ0) is 20.6. The molecule has 2 aliphatic rings. The van der Waals surface area contributed by atoms with Gasteiger partial charge in [0.15, 0.2) is 5.84 Å². The van der Waals surface area contributed by atoms with Crippen LogP contribution in [0.1, 0.15) is 24.0 Å². The summed E-state index contributed by atoms with van der Waals surface area (Å²) in [6, 6.07) is 13.0. The third-order valence-electron chi connectivity index (χ3n) is 5.04. The number of carbonyl (C=O) groups excluding carboxylic acids is 2. The Morgan fingerprint density at radius 1 is 1.14 bits per heavy atom. The number of hydrogen-bond donors (Lipinski definition) is 2. The molecule has 2 amide bonds. The highest BCUT2D eigenvalue weighted by Gasteiger charge is 2.39. The van der Waals surface area contributed by atoms with Crippen LogP contribution in [-0.4, -0.2) is 43.6 Å². The van der Waals surface area contributed by atoms with E-state index in [9.17, 15) is 18.0 Å². The summed E-state index contributed by atoms with van der Waals surface area (Å²) in [5.74, 6) is -0.319. The Labute approximate surface area is 168 Å². The number of anilines is 1. The van der Waals surface area contributed by atoms with Crippen LogP contribution in [0.3, 0.4) is 0 Å². The summed E-state index contributed by atoms with van der Waals surface area (Å²) in [7, 11) is -3.74. The summed E-state index contributed by atoms with van der Waals surface area (Å²) in [5.41, 5.74) is 7.07. The van der Waals surface area contributed by atoms with Crippen LogP contribution in [0.5, 0.6) is 0 Å². The molecule has 2 heterocycles. The fourth-order valence-electron chi connectivity index (χ4n) is 3.72. The number of amidine groups is 1. The Kier molecular flexibility index (Phi) is 4.83. The average Bonchev–Trinajstić information content (AvgIpc) is 3.26. The lowest BCUT2D eigenvalue weighted by Crippen LogP contribution is -2.43. The van der Waals surface area contributed by atoms with Crippen LogP contribution in [0.25, 0.3) is 0 Å². The second-order valence-corrected chi connectivity index (χ2v) is 8.64. The van der Waals surface area contributed by atoms with Gasteiger partial charge in [0.2, 0.25) is 11.8 Å². The Morgan fingerprint density at radius 3 is 2.59 bits per heavy atom. The van der Waals surface area contributed by atoms with Gasteiger partial charge in [-0.2, -0.15) is 8.42 Å². The van der Waals surface area contributed by atoms with Crippen molar-refractivity contribution < 1.29 is 18.0 Å². The number of carbonyl (C=O) groups is 2. The molecule has 0 aromatic heterocycles. The van der Waals surface area contributed by atoms with Crippen molar-refractivity contribution >= 4 is 33.4 Å². The molecule has 0 spiro atoms. The van der Waals surface area contributed by atoms with Crippen molar-refractivity contribution in [2.75, 3.05) is 11.9 Å². The number of likely N-dealkylation sites (tertiary alicyclic amines) is 1. The van der Waals surface area contributed by atoms with Crippen LogP contribution in [0.2, 0.25) is 0 Å². The van der Waals surface area contributed by atoms with E-state index < -0.39 is 22.0 Å². The van der Waals surface area contributed by atoms with E-state index >= 15 is 0 Å². The predicted octanol–water partition coefficient (Wildman–Crippen LogP) is 1.27. The number of nitrogens with zero attached hydrogens (tertiary/aromatic N) is 2. The molecule has 0 aliphatic carbocycles. The summed E-state index contributed by atoms with van der Waals surface area (Å²) in [4.78, 5) is 25.8. The molecule has 4 rings (SSSR count). The summed E-state index contributed by atoms with van der Waals surface area (Å²) in [6.45, 7) is 0.554. The van der Waals surface area contributed by atoms with E-state index in [1.165, 1.54) is 6.07 Å². The van der Waals surface area contributed by atoms with E-state index in [1.807, 2.05) is 0 Å². The monoisotopic (exact) mass is 412 g/mol. The number of benzene rings is 2. The standard InChI is InChI=1S/C20H20N4O4S/c21-18(25)12-13-7-9-14(10-8-13)22-20(26)16-5-3-11-24(16)19-15-4-1-2-6-17(15)29(27,28)23-19/h1-2,4,6-10,16H,3,5,11-12H2,(H2,21,25)(H,22,26)/t16-/m0/s1. The third kappa shape index (κ3) is 3.73. The highest BCUT2D eigenvalue weighted by Crippen LogP contribution is 2.31. The van der Waals surface area contributed by atoms with Gasteiger partial charge in [0.05, 0.1) is 6.42 Å². The summed E-state index contributed by atoms with van der Waals surface area (Å²) >= 11 is 0. The van der Waals surface area contributed by atoms with Crippen molar-refractivity contribution in [2.45, 2.75) is 30.2 Å². The number of rotatable bonds is 4. The zero-order valence-electron chi connectivity index (χ0n) is 15.5. The molecule has 0 unspecified atom stereocenters. The second kappa shape index (κ2) is 7.32. The van der Waals surface area contributed by atoms with E-state index in [2.05, 4.69) is 9.71 Å². The lowest BCUT2D eigenvalue weighted by atomic mass is 10.1. The Bertz CT molecular complexity index is 1110. The first-order chi connectivity index (χ1) is 13.8. The maximum absolute atomic E-state index is 12.9. The molecule has 3 N–H and O–H groups in total. The molecule has 0 radical (unpaired) electrons. The minimum atomic E-state index is -3.74. The topological polar surface area (TPSA) is 122 Å². The third-order valence-corrected chi connectivity index (χ3v) is 6.36. The first kappa shape index (κ1) is 19.1. The molecular weight excluding hydrogens is 392 g/mol. The average molecular weight is 412 g/mol. The van der Waals surface area contributed by atoms with Gasteiger partial charge in [0.25, 0.3) is 10.0 Å². The highest BCUT2D eigenvalue weighted by atomic mass is 32.2. The van der Waals surface area contributed by atoms with Crippen molar-refractivity contribution in [2.24, 2.45) is 10.1 Å². The fourth-order valence-corrected chi connectivity index (χ4v) is 4.94. The van der Waals surface area contributed by atoms with Gasteiger partial charge in [-0.15, -0.1) is 4.40 Å². The molecule has 8 nitrogen and oxygen atoms in total. The molecule has 0 bridgehead atoms. The minimum absolute atomic E-state index is 0.137.